The molecule has 1 heterocycles. The van der Waals surface area contributed by atoms with Gasteiger partial charge in [0.15, 0.2) is 18.3 Å². The molecule has 12 nitrogen and oxygen atoms in total. The Morgan fingerprint density at radius 1 is 0.829 bits per heavy atom. The molecule has 0 saturated carbocycles. The molecule has 1 saturated heterocycles. The Bertz CT molecular complexity index is 1110. The molecule has 1 fully saturated rings. The van der Waals surface area contributed by atoms with Crippen LogP contribution in [0.5, 0.6) is 0 Å². The predicted molar refractivity (Wildman–Crippen MR) is 144 cm³/mol. The molecule has 226 valence electrons. The number of alkyl halides is 3. The Kier molecular flexibility index (Phi) is 13.5. The van der Waals surface area contributed by atoms with Gasteiger partial charge < -0.3 is 38.0 Å². The molecule has 1 aromatic rings. The quantitative estimate of drug-likeness (QED) is 0.111. The maximum absolute atomic E-state index is 12.8. The number of halogens is 3. The number of methoxy groups -OCH3 is 1. The van der Waals surface area contributed by atoms with Crippen LogP contribution >= 0.6 is 34.8 Å². The number of ketones is 2. The molecule has 5 atom stereocenters. The maximum atomic E-state index is 12.8. The second-order valence-electron chi connectivity index (χ2n) is 8.97. The van der Waals surface area contributed by atoms with Crippen molar-refractivity contribution in [3.8, 4) is 0 Å². The summed E-state index contributed by atoms with van der Waals surface area (Å²) in [6, 6.07) is 8.72. The van der Waals surface area contributed by atoms with Crippen molar-refractivity contribution in [3.05, 3.63) is 35.9 Å². The van der Waals surface area contributed by atoms with E-state index in [0.717, 1.165) is 7.11 Å². The van der Waals surface area contributed by atoms with Gasteiger partial charge in [0.25, 0.3) is 3.79 Å². The van der Waals surface area contributed by atoms with Crippen LogP contribution in [0.3, 0.4) is 0 Å². The van der Waals surface area contributed by atoms with E-state index >= 15 is 0 Å². The second kappa shape index (κ2) is 16.0. The lowest BCUT2D eigenvalue weighted by Crippen LogP contribution is -2.64. The normalized spacial score (nSPS) is 22.2. The van der Waals surface area contributed by atoms with Crippen LogP contribution in [0.25, 0.3) is 0 Å². The van der Waals surface area contributed by atoms with Gasteiger partial charge in [0.05, 0.1) is 26.6 Å². The first kappa shape index (κ1) is 34.4. The van der Waals surface area contributed by atoms with Gasteiger partial charge in [-0.05, 0) is 19.4 Å². The van der Waals surface area contributed by atoms with E-state index in [9.17, 15) is 24.0 Å². The monoisotopic (exact) mass is 637 g/mol. The molecule has 1 unspecified atom stereocenters. The first-order valence-corrected chi connectivity index (χ1v) is 13.4. The smallest absolute Gasteiger partial charge is 0.339 e. The van der Waals surface area contributed by atoms with Crippen LogP contribution in [0, 0.1) is 5.41 Å². The molecule has 15 heteroatoms. The number of carbonyl (C=O) groups excluding carboxylic acids is 5. The highest BCUT2D eigenvalue weighted by molar-refractivity contribution is 6.76. The van der Waals surface area contributed by atoms with E-state index in [-0.39, 0.29) is 43.9 Å². The third-order valence-corrected chi connectivity index (χ3v) is 6.12. The molecule has 2 rings (SSSR count). The number of ether oxygens (including phenoxy) is 6. The molecule has 1 aromatic carbocycles. The van der Waals surface area contributed by atoms with Gasteiger partial charge in [0.1, 0.15) is 17.7 Å². The summed E-state index contributed by atoms with van der Waals surface area (Å²) in [7, 11) is 1.05. The summed E-state index contributed by atoms with van der Waals surface area (Å²) in [4.78, 5) is 61.1. The zero-order chi connectivity index (χ0) is 30.7. The number of nitrogens with one attached hydrogen (secondary N) is 1. The number of esters is 3. The van der Waals surface area contributed by atoms with Gasteiger partial charge in [-0.3, -0.25) is 15.0 Å². The molecule has 0 bridgehead atoms. The fraction of sp³-hybridized carbons (Fsp3) is 0.538. The minimum absolute atomic E-state index is 0.128. The first-order valence-electron chi connectivity index (χ1n) is 12.3. The lowest BCUT2D eigenvalue weighted by atomic mass is 9.97. The maximum Gasteiger partial charge on any atom is 0.339 e. The molecule has 0 aliphatic carbocycles. The SMILES string of the molecule is COC(=O)[C@@H]1OC(OC(=N)C(Cl)(Cl)Cl)[C@H](OC(=O)CCC(C)=O)[C@@H](OCc2ccccc2)[C@@H]1OC(=O)CCC(C)=O. The fourth-order valence-corrected chi connectivity index (χ4v) is 3.72. The van der Waals surface area contributed by atoms with Crippen LogP contribution in [0.2, 0.25) is 0 Å². The lowest BCUT2D eigenvalue weighted by Gasteiger charge is -2.44. The second-order valence-corrected chi connectivity index (χ2v) is 11.2. The third kappa shape index (κ3) is 11.2. The van der Waals surface area contributed by atoms with Crippen LogP contribution in [0.4, 0.5) is 0 Å². The molecule has 0 spiro atoms. The standard InChI is InChI=1S/C26H30Cl3NO11/c1-14(31)9-11-17(33)38-20-19(37-13-16-7-5-4-6-8-16)22(39-18(34)12-10-15(2)32)24(40-21(20)23(35)36-3)41-25(30)26(27,28)29/h4-8,19-22,24,30H,9-13H2,1-3H3/t19-,20-,21+,22+,24?/m0/s1. The largest absolute Gasteiger partial charge is 0.467 e. The van der Waals surface area contributed by atoms with Gasteiger partial charge in [-0.1, -0.05) is 65.1 Å². The summed E-state index contributed by atoms with van der Waals surface area (Å²) < 4.78 is 30.6. The molecule has 0 radical (unpaired) electrons. The van der Waals surface area contributed by atoms with E-state index in [4.69, 9.17) is 68.6 Å². The fourth-order valence-electron chi connectivity index (χ4n) is 3.58. The number of Topliss-reactive ketones (excluding diaryl/α,β-unsaturated/α-hetero) is 2. The molecule has 0 aromatic heterocycles. The first-order chi connectivity index (χ1) is 19.2. The number of hydrogen-bond donors (Lipinski definition) is 1. The lowest BCUT2D eigenvalue weighted by molar-refractivity contribution is -0.292. The zero-order valence-corrected chi connectivity index (χ0v) is 24.7. The third-order valence-electron chi connectivity index (χ3n) is 5.60. The number of rotatable bonds is 13. The van der Waals surface area contributed by atoms with Crippen molar-refractivity contribution in [2.45, 2.75) is 80.6 Å². The summed E-state index contributed by atoms with van der Waals surface area (Å²) in [5.74, 6) is -4.32. The Balaban J connectivity index is 2.54. The van der Waals surface area contributed by atoms with Crippen molar-refractivity contribution in [1.82, 2.24) is 0 Å². The van der Waals surface area contributed by atoms with Gasteiger partial charge in [-0.15, -0.1) is 0 Å². The van der Waals surface area contributed by atoms with Crippen molar-refractivity contribution < 1.29 is 52.4 Å². The minimum atomic E-state index is -2.37. The number of hydrogen-bond acceptors (Lipinski definition) is 12. The number of carbonyl (C=O) groups is 5. The highest BCUT2D eigenvalue weighted by Crippen LogP contribution is 2.34. The van der Waals surface area contributed by atoms with Crippen molar-refractivity contribution >= 4 is 70.2 Å². The van der Waals surface area contributed by atoms with E-state index < -0.39 is 58.3 Å². The van der Waals surface area contributed by atoms with E-state index in [1.54, 1.807) is 30.3 Å². The van der Waals surface area contributed by atoms with E-state index in [0.29, 0.717) is 5.56 Å². The van der Waals surface area contributed by atoms with Gasteiger partial charge >= 0.3 is 17.9 Å². The summed E-state index contributed by atoms with van der Waals surface area (Å²) in [6.45, 7) is 2.45. The van der Waals surface area contributed by atoms with Gasteiger partial charge in [-0.2, -0.15) is 0 Å². The van der Waals surface area contributed by atoms with Gasteiger partial charge in [-0.25, -0.2) is 4.79 Å². The molecule has 41 heavy (non-hydrogen) atoms. The zero-order valence-electron chi connectivity index (χ0n) is 22.4. The highest BCUT2D eigenvalue weighted by atomic mass is 35.6. The molecule has 1 aliphatic heterocycles. The Morgan fingerprint density at radius 2 is 1.37 bits per heavy atom. The topological polar surface area (TPSA) is 165 Å². The molecular formula is C26H30Cl3NO11. The van der Waals surface area contributed by atoms with Crippen LogP contribution in [0.1, 0.15) is 45.1 Å². The predicted octanol–water partition coefficient (Wildman–Crippen LogP) is 3.40. The van der Waals surface area contributed by atoms with E-state index in [2.05, 4.69) is 0 Å². The summed E-state index contributed by atoms with van der Waals surface area (Å²) in [5.41, 5.74) is 0.656. The van der Waals surface area contributed by atoms with Crippen LogP contribution < -0.4 is 0 Å². The van der Waals surface area contributed by atoms with Gasteiger partial charge in [0.2, 0.25) is 12.2 Å². The molecule has 0 amide bonds. The summed E-state index contributed by atoms with van der Waals surface area (Å²) in [6.07, 6.45) is -9.13. The van der Waals surface area contributed by atoms with E-state index in [1.165, 1.54) is 13.8 Å². The van der Waals surface area contributed by atoms with Crippen LogP contribution in [-0.2, 0) is 59.0 Å². The van der Waals surface area contributed by atoms with Crippen molar-refractivity contribution in [2.75, 3.05) is 7.11 Å². The summed E-state index contributed by atoms with van der Waals surface area (Å²) >= 11 is 17.3. The van der Waals surface area contributed by atoms with Gasteiger partial charge in [0, 0.05) is 12.8 Å². The minimum Gasteiger partial charge on any atom is -0.467 e. The molecule has 1 aliphatic rings. The molecule has 1 N–H and O–H groups in total. The molecular weight excluding hydrogens is 609 g/mol. The summed E-state index contributed by atoms with van der Waals surface area (Å²) in [5, 5.41) is 8.01. The van der Waals surface area contributed by atoms with Crippen molar-refractivity contribution in [3.63, 3.8) is 0 Å². The van der Waals surface area contributed by atoms with Crippen LogP contribution in [0.15, 0.2) is 30.3 Å². The Labute approximate surface area is 251 Å². The van der Waals surface area contributed by atoms with Crippen LogP contribution in [-0.4, -0.2) is 77.0 Å². The highest BCUT2D eigenvalue weighted by Gasteiger charge is 2.55. The average Bonchev–Trinajstić information content (AvgIpc) is 2.91. The van der Waals surface area contributed by atoms with Crippen molar-refractivity contribution in [1.29, 1.82) is 5.41 Å². The average molecular weight is 639 g/mol. The van der Waals surface area contributed by atoms with Crippen molar-refractivity contribution in [2.24, 2.45) is 0 Å². The Hall–Kier alpha value is -2.77. The number of benzene rings is 1. The Morgan fingerprint density at radius 3 is 1.85 bits per heavy atom. The van der Waals surface area contributed by atoms with E-state index in [1.807, 2.05) is 0 Å².